The molecule has 0 aliphatic carbocycles. The molecule has 3 nitrogen and oxygen atoms in total. The lowest BCUT2D eigenvalue weighted by atomic mass is 10.1. The fourth-order valence-electron chi connectivity index (χ4n) is 2.19. The van der Waals surface area contributed by atoms with Crippen molar-refractivity contribution < 1.29 is 4.79 Å². The predicted molar refractivity (Wildman–Crippen MR) is 72.1 cm³/mol. The van der Waals surface area contributed by atoms with Gasteiger partial charge in [-0.15, -0.1) is 0 Å². The van der Waals surface area contributed by atoms with Crippen molar-refractivity contribution in [3.8, 4) is 0 Å². The first-order chi connectivity index (χ1) is 8.75. The molecule has 1 aliphatic heterocycles. The second-order valence-corrected chi connectivity index (χ2v) is 4.44. The molecule has 0 saturated heterocycles. The van der Waals surface area contributed by atoms with Crippen LogP contribution in [-0.2, 0) is 0 Å². The van der Waals surface area contributed by atoms with Crippen molar-refractivity contribution in [2.45, 2.75) is 6.92 Å². The number of amides is 1. The number of fused-ring (bicyclic) bond motifs is 1. The Hall–Kier alpha value is -2.29. The number of nitrogens with one attached hydrogen (secondary N) is 1. The average molecular weight is 238 g/mol. The van der Waals surface area contributed by atoms with Crippen molar-refractivity contribution in [3.63, 3.8) is 0 Å². The van der Waals surface area contributed by atoms with E-state index in [-0.39, 0.29) is 5.91 Å². The molecular formula is C15H14N2O. The largest absolute Gasteiger partial charge is 0.334 e. The highest BCUT2D eigenvalue weighted by Gasteiger charge is 2.22. The summed E-state index contributed by atoms with van der Waals surface area (Å²) >= 11 is 0. The van der Waals surface area contributed by atoms with Gasteiger partial charge in [-0.1, -0.05) is 29.8 Å². The minimum Gasteiger partial charge on any atom is -0.334 e. The lowest BCUT2D eigenvalue weighted by Gasteiger charge is -2.31. The zero-order valence-corrected chi connectivity index (χ0v) is 10.2. The van der Waals surface area contributed by atoms with E-state index in [0.717, 1.165) is 16.9 Å². The van der Waals surface area contributed by atoms with Gasteiger partial charge >= 0.3 is 0 Å². The summed E-state index contributed by atoms with van der Waals surface area (Å²) in [6, 6.07) is 16.0. The Bertz CT molecular complexity index is 590. The molecular weight excluding hydrogens is 224 g/mol. The second kappa shape index (κ2) is 4.18. The van der Waals surface area contributed by atoms with E-state index >= 15 is 0 Å². The van der Waals surface area contributed by atoms with Gasteiger partial charge in [0.1, 0.15) is 0 Å². The van der Waals surface area contributed by atoms with Crippen molar-refractivity contribution >= 4 is 17.3 Å². The third-order valence-corrected chi connectivity index (χ3v) is 3.18. The molecule has 0 aromatic heterocycles. The fourth-order valence-corrected chi connectivity index (χ4v) is 2.19. The zero-order chi connectivity index (χ0) is 12.5. The van der Waals surface area contributed by atoms with Crippen molar-refractivity contribution in [3.05, 3.63) is 59.7 Å². The van der Waals surface area contributed by atoms with E-state index in [2.05, 4.69) is 41.4 Å². The quantitative estimate of drug-likeness (QED) is 0.828. The lowest BCUT2D eigenvalue weighted by Crippen LogP contribution is -2.40. The van der Waals surface area contributed by atoms with Gasteiger partial charge in [-0.3, -0.25) is 4.79 Å². The third kappa shape index (κ3) is 1.74. The van der Waals surface area contributed by atoms with E-state index in [1.54, 1.807) is 0 Å². The Kier molecular flexibility index (Phi) is 2.52. The molecule has 0 radical (unpaired) electrons. The molecule has 1 heterocycles. The number of carbonyl (C=O) groups is 1. The topological polar surface area (TPSA) is 32.3 Å². The molecule has 2 aromatic rings. The first-order valence-corrected chi connectivity index (χ1v) is 5.97. The van der Waals surface area contributed by atoms with E-state index in [1.165, 1.54) is 5.56 Å². The molecule has 1 amide bonds. The summed E-state index contributed by atoms with van der Waals surface area (Å²) < 4.78 is 0. The van der Waals surface area contributed by atoms with Crippen molar-refractivity contribution in [2.24, 2.45) is 0 Å². The molecule has 18 heavy (non-hydrogen) atoms. The average Bonchev–Trinajstić information content (AvgIpc) is 2.41. The standard InChI is InChI=1S/C15H14N2O/c1-11-6-8-12(9-7-11)17-10-16-15(18)13-4-2-3-5-14(13)17/h2-9H,10H2,1H3,(H,16,18). The Balaban J connectivity index is 2.07. The maximum Gasteiger partial charge on any atom is 0.254 e. The molecule has 0 atom stereocenters. The van der Waals surface area contributed by atoms with Gasteiger partial charge in [-0.05, 0) is 31.2 Å². The maximum absolute atomic E-state index is 11.8. The minimum atomic E-state index is -0.00559. The number of carbonyl (C=O) groups excluding carboxylic acids is 1. The molecule has 1 N–H and O–H groups in total. The lowest BCUT2D eigenvalue weighted by molar-refractivity contribution is 0.0949. The fraction of sp³-hybridized carbons (Fsp3) is 0.133. The van der Waals surface area contributed by atoms with Crippen LogP contribution in [0.15, 0.2) is 48.5 Å². The van der Waals surface area contributed by atoms with E-state index in [1.807, 2.05) is 24.3 Å². The summed E-state index contributed by atoms with van der Waals surface area (Å²) in [4.78, 5) is 13.9. The van der Waals surface area contributed by atoms with Crippen LogP contribution in [0.25, 0.3) is 0 Å². The molecule has 0 bridgehead atoms. The molecule has 3 rings (SSSR count). The molecule has 2 aromatic carbocycles. The maximum atomic E-state index is 11.8. The number of aryl methyl sites for hydroxylation is 1. The molecule has 1 aliphatic rings. The van der Waals surface area contributed by atoms with E-state index in [4.69, 9.17) is 0 Å². The molecule has 90 valence electrons. The monoisotopic (exact) mass is 238 g/mol. The summed E-state index contributed by atoms with van der Waals surface area (Å²) in [5, 5.41) is 2.89. The highest BCUT2D eigenvalue weighted by molar-refractivity contribution is 6.02. The zero-order valence-electron chi connectivity index (χ0n) is 10.2. The number of para-hydroxylation sites is 1. The van der Waals surface area contributed by atoms with Crippen LogP contribution in [0, 0.1) is 6.92 Å². The third-order valence-electron chi connectivity index (χ3n) is 3.18. The first kappa shape index (κ1) is 10.8. The van der Waals surface area contributed by atoms with E-state index in [0.29, 0.717) is 6.67 Å². The van der Waals surface area contributed by atoms with Crippen molar-refractivity contribution in [2.75, 3.05) is 11.6 Å². The van der Waals surface area contributed by atoms with E-state index < -0.39 is 0 Å². The van der Waals surface area contributed by atoms with Crippen LogP contribution in [0.1, 0.15) is 15.9 Å². The van der Waals surface area contributed by atoms with Gasteiger partial charge < -0.3 is 10.2 Å². The molecule has 0 unspecified atom stereocenters. The predicted octanol–water partition coefficient (Wildman–Crippen LogP) is 2.83. The number of benzene rings is 2. The molecule has 3 heteroatoms. The van der Waals surface area contributed by atoms with Gasteiger partial charge in [0, 0.05) is 5.69 Å². The second-order valence-electron chi connectivity index (χ2n) is 4.44. The van der Waals surface area contributed by atoms with Crippen LogP contribution >= 0.6 is 0 Å². The summed E-state index contributed by atoms with van der Waals surface area (Å²) in [5.41, 5.74) is 4.01. The van der Waals surface area contributed by atoms with Gasteiger partial charge in [-0.25, -0.2) is 0 Å². The van der Waals surface area contributed by atoms with Gasteiger partial charge in [0.25, 0.3) is 5.91 Å². The number of hydrogen-bond acceptors (Lipinski definition) is 2. The van der Waals surface area contributed by atoms with Crippen molar-refractivity contribution in [1.29, 1.82) is 0 Å². The minimum absolute atomic E-state index is 0.00559. The number of rotatable bonds is 1. The summed E-state index contributed by atoms with van der Waals surface area (Å²) in [6.45, 7) is 2.58. The van der Waals surface area contributed by atoms with Crippen LogP contribution in [0.5, 0.6) is 0 Å². The molecule has 0 fully saturated rings. The highest BCUT2D eigenvalue weighted by atomic mass is 16.2. The summed E-state index contributed by atoms with van der Waals surface area (Å²) in [7, 11) is 0. The normalized spacial score (nSPS) is 14.1. The Morgan fingerprint density at radius 2 is 1.78 bits per heavy atom. The van der Waals surface area contributed by atoms with Crippen molar-refractivity contribution in [1.82, 2.24) is 5.32 Å². The Labute approximate surface area is 106 Å². The molecule has 0 spiro atoms. The van der Waals surface area contributed by atoms with E-state index in [9.17, 15) is 4.79 Å². The highest BCUT2D eigenvalue weighted by Crippen LogP contribution is 2.30. The van der Waals surface area contributed by atoms with Crippen LogP contribution in [0.2, 0.25) is 0 Å². The van der Waals surface area contributed by atoms with Crippen LogP contribution in [0.3, 0.4) is 0 Å². The van der Waals surface area contributed by atoms with Gasteiger partial charge in [0.2, 0.25) is 0 Å². The Morgan fingerprint density at radius 1 is 1.06 bits per heavy atom. The summed E-state index contributed by atoms with van der Waals surface area (Å²) in [6.07, 6.45) is 0. The first-order valence-electron chi connectivity index (χ1n) is 5.97. The Morgan fingerprint density at radius 3 is 2.56 bits per heavy atom. The van der Waals surface area contributed by atoms with Gasteiger partial charge in [-0.2, -0.15) is 0 Å². The summed E-state index contributed by atoms with van der Waals surface area (Å²) in [5.74, 6) is -0.00559. The van der Waals surface area contributed by atoms with Gasteiger partial charge in [0.05, 0.1) is 17.9 Å². The SMILES string of the molecule is Cc1ccc(N2CNC(=O)c3ccccc32)cc1. The van der Waals surface area contributed by atoms with Crippen LogP contribution < -0.4 is 10.2 Å². The van der Waals surface area contributed by atoms with Gasteiger partial charge in [0.15, 0.2) is 0 Å². The smallest absolute Gasteiger partial charge is 0.254 e. The number of anilines is 2. The number of hydrogen-bond donors (Lipinski definition) is 1. The van der Waals surface area contributed by atoms with Crippen LogP contribution in [0.4, 0.5) is 11.4 Å². The van der Waals surface area contributed by atoms with Crippen LogP contribution in [-0.4, -0.2) is 12.6 Å². The molecule has 0 saturated carbocycles. The number of nitrogens with zero attached hydrogens (tertiary/aromatic N) is 1.